The van der Waals surface area contributed by atoms with E-state index in [9.17, 15) is 32.7 Å². The summed E-state index contributed by atoms with van der Waals surface area (Å²) in [6.45, 7) is 0.404. The molecule has 1 saturated carbocycles. The Labute approximate surface area is 271 Å². The van der Waals surface area contributed by atoms with Crippen LogP contribution in [0.4, 0.5) is 17.6 Å². The van der Waals surface area contributed by atoms with Gasteiger partial charge in [0.05, 0.1) is 39.1 Å². The molecule has 14 heteroatoms. The minimum absolute atomic E-state index is 0.0170. The van der Waals surface area contributed by atoms with Crippen molar-refractivity contribution in [3.8, 4) is 11.3 Å². The number of carbonyl (C=O) groups excluding carboxylic acids is 2. The van der Waals surface area contributed by atoms with E-state index >= 15 is 4.39 Å². The fraction of sp³-hybridized carbons (Fsp3) is 0.364. The molecule has 0 saturated heterocycles. The minimum atomic E-state index is -4.63. The van der Waals surface area contributed by atoms with Crippen LogP contribution >= 0.6 is 11.6 Å². The molecule has 47 heavy (non-hydrogen) atoms. The minimum Gasteiger partial charge on any atom is -0.478 e. The number of aromatic nitrogens is 4. The van der Waals surface area contributed by atoms with Crippen molar-refractivity contribution in [3.05, 3.63) is 93.1 Å². The molecule has 2 aliphatic carbocycles. The van der Waals surface area contributed by atoms with E-state index in [4.69, 9.17) is 11.6 Å². The molecule has 2 heterocycles. The van der Waals surface area contributed by atoms with Crippen molar-refractivity contribution >= 4 is 29.4 Å². The molecule has 6 rings (SSSR count). The number of likely N-dealkylation sites (N-methyl/N-ethyl adjacent to an activating group) is 1. The second kappa shape index (κ2) is 11.9. The van der Waals surface area contributed by atoms with Gasteiger partial charge in [-0.1, -0.05) is 23.7 Å². The molecule has 246 valence electrons. The number of carbonyl (C=O) groups is 3. The molecule has 9 nitrogen and oxygen atoms in total. The number of halogens is 5. The molecule has 1 fully saturated rings. The molecule has 2 aliphatic rings. The number of hydrogen-bond acceptors (Lipinski definition) is 5. The van der Waals surface area contributed by atoms with Gasteiger partial charge >= 0.3 is 12.1 Å². The van der Waals surface area contributed by atoms with Crippen molar-refractivity contribution in [2.24, 2.45) is 13.0 Å². The van der Waals surface area contributed by atoms with Gasteiger partial charge in [-0.05, 0) is 67.5 Å². The Kier molecular flexibility index (Phi) is 8.23. The third kappa shape index (κ3) is 5.81. The van der Waals surface area contributed by atoms with Gasteiger partial charge in [-0.3, -0.25) is 14.3 Å². The van der Waals surface area contributed by atoms with E-state index in [2.05, 4.69) is 10.2 Å². The van der Waals surface area contributed by atoms with Crippen LogP contribution in [0.3, 0.4) is 0 Å². The first kappa shape index (κ1) is 32.4. The molecule has 1 amide bonds. The standard InChI is InChI=1S/C33H30ClF4N5O4/c1-41(13-10-18-16-39-42(2)17-18)29(44)19-6-9-22-26(15-19)43(40-28(22)21-8-7-20(31(46)47)14-25(21)35)30(45)27-23(4-3-5-24(27)34)32(11-12-32)33(36,37)38/h3-5,7-8,14,16-17,19H,6,9-13,15H2,1-2H3,(H,46,47). The van der Waals surface area contributed by atoms with Crippen LogP contribution in [0, 0.1) is 11.7 Å². The van der Waals surface area contributed by atoms with Crippen LogP contribution < -0.4 is 0 Å². The fourth-order valence-electron chi connectivity index (χ4n) is 6.44. The number of alkyl halides is 3. The molecule has 1 atom stereocenters. The molecule has 4 aromatic rings. The molecule has 0 aliphatic heterocycles. The SMILES string of the molecule is CN(CCc1cnn(C)c1)C(=O)C1CCc2c(-c3ccc(C(=O)O)cc3F)nn(C(=O)c3c(Cl)cccc3C3(C(F)(F)F)CC3)c2C1. The van der Waals surface area contributed by atoms with E-state index in [0.29, 0.717) is 24.9 Å². The van der Waals surface area contributed by atoms with E-state index in [1.807, 2.05) is 6.20 Å². The summed E-state index contributed by atoms with van der Waals surface area (Å²) in [5.41, 5.74) is -1.51. The zero-order valence-corrected chi connectivity index (χ0v) is 26.2. The molecule has 1 N–H and O–H groups in total. The topological polar surface area (TPSA) is 110 Å². The number of carboxylic acid groups (broad SMARTS) is 1. The number of amides is 1. The average molecular weight is 672 g/mol. The number of aryl methyl sites for hydroxylation is 1. The number of hydrogen-bond donors (Lipinski definition) is 1. The predicted molar refractivity (Wildman–Crippen MR) is 163 cm³/mol. The van der Waals surface area contributed by atoms with Gasteiger partial charge in [0.15, 0.2) is 0 Å². The van der Waals surface area contributed by atoms with Gasteiger partial charge in [-0.25, -0.2) is 9.18 Å². The maximum Gasteiger partial charge on any atom is 0.398 e. The van der Waals surface area contributed by atoms with Crippen molar-refractivity contribution in [2.45, 2.75) is 50.1 Å². The Morgan fingerprint density at radius 3 is 2.53 bits per heavy atom. The first-order valence-electron chi connectivity index (χ1n) is 15.0. The molecule has 0 spiro atoms. The first-order valence-corrected chi connectivity index (χ1v) is 15.4. The summed E-state index contributed by atoms with van der Waals surface area (Å²) in [6.07, 6.45) is -0.329. The van der Waals surface area contributed by atoms with Crippen molar-refractivity contribution in [1.82, 2.24) is 24.5 Å². The Morgan fingerprint density at radius 2 is 1.91 bits per heavy atom. The molecular weight excluding hydrogens is 642 g/mol. The van der Waals surface area contributed by atoms with E-state index in [1.165, 1.54) is 30.3 Å². The number of rotatable bonds is 8. The molecule has 2 aromatic heterocycles. The molecule has 0 bridgehead atoms. The fourth-order valence-corrected chi connectivity index (χ4v) is 6.70. The number of aromatic carboxylic acids is 1. The lowest BCUT2D eigenvalue weighted by Crippen LogP contribution is -2.37. The number of fused-ring (bicyclic) bond motifs is 1. The quantitative estimate of drug-likeness (QED) is 0.235. The van der Waals surface area contributed by atoms with Gasteiger partial charge in [0.25, 0.3) is 5.91 Å². The highest BCUT2D eigenvalue weighted by molar-refractivity contribution is 6.34. The molecule has 2 aromatic carbocycles. The third-order valence-corrected chi connectivity index (χ3v) is 9.51. The van der Waals surface area contributed by atoms with Crippen LogP contribution in [0.1, 0.15) is 62.4 Å². The monoisotopic (exact) mass is 671 g/mol. The lowest BCUT2D eigenvalue weighted by Gasteiger charge is -2.27. The lowest BCUT2D eigenvalue weighted by molar-refractivity contribution is -0.160. The summed E-state index contributed by atoms with van der Waals surface area (Å²) in [6, 6.07) is 7.21. The zero-order valence-electron chi connectivity index (χ0n) is 25.4. The number of nitrogens with zero attached hydrogens (tertiary/aromatic N) is 5. The lowest BCUT2D eigenvalue weighted by atomic mass is 9.84. The van der Waals surface area contributed by atoms with Gasteiger partial charge in [-0.15, -0.1) is 0 Å². The number of benzene rings is 2. The van der Waals surface area contributed by atoms with Gasteiger partial charge in [0.2, 0.25) is 5.91 Å². The van der Waals surface area contributed by atoms with Crippen LogP contribution in [0.15, 0.2) is 48.8 Å². The van der Waals surface area contributed by atoms with Crippen LogP contribution in [0.25, 0.3) is 11.3 Å². The second-order valence-electron chi connectivity index (χ2n) is 12.2. The normalized spacial score (nSPS) is 16.9. The van der Waals surface area contributed by atoms with Crippen LogP contribution in [-0.4, -0.2) is 67.1 Å². The van der Waals surface area contributed by atoms with Crippen molar-refractivity contribution in [1.29, 1.82) is 0 Å². The molecule has 1 unspecified atom stereocenters. The summed E-state index contributed by atoms with van der Waals surface area (Å²) in [7, 11) is 3.46. The first-order chi connectivity index (χ1) is 22.2. The highest BCUT2D eigenvalue weighted by Gasteiger charge is 2.65. The van der Waals surface area contributed by atoms with Crippen molar-refractivity contribution in [2.75, 3.05) is 13.6 Å². The Bertz CT molecular complexity index is 1910. The van der Waals surface area contributed by atoms with Crippen molar-refractivity contribution in [3.63, 3.8) is 0 Å². The van der Waals surface area contributed by atoms with Crippen molar-refractivity contribution < 1.29 is 37.1 Å². The van der Waals surface area contributed by atoms with Gasteiger partial charge in [0.1, 0.15) is 5.82 Å². The number of carboxylic acids is 1. The maximum absolute atomic E-state index is 15.4. The summed E-state index contributed by atoms with van der Waals surface area (Å²) < 4.78 is 60.8. The molecule has 0 radical (unpaired) electrons. The Balaban J connectivity index is 1.40. The Hall–Kier alpha value is -4.52. The summed E-state index contributed by atoms with van der Waals surface area (Å²) in [5.74, 6) is -3.94. The second-order valence-corrected chi connectivity index (χ2v) is 12.6. The predicted octanol–water partition coefficient (Wildman–Crippen LogP) is 5.86. The Morgan fingerprint density at radius 1 is 1.17 bits per heavy atom. The maximum atomic E-state index is 15.4. The highest BCUT2D eigenvalue weighted by Crippen LogP contribution is 2.60. The smallest absolute Gasteiger partial charge is 0.398 e. The largest absolute Gasteiger partial charge is 0.478 e. The van der Waals surface area contributed by atoms with E-state index in [0.717, 1.165) is 16.3 Å². The van der Waals surface area contributed by atoms with E-state index in [-0.39, 0.29) is 70.3 Å². The van der Waals surface area contributed by atoms with Crippen LogP contribution in [0.2, 0.25) is 5.02 Å². The van der Waals surface area contributed by atoms with Gasteiger partial charge < -0.3 is 10.0 Å². The highest BCUT2D eigenvalue weighted by atomic mass is 35.5. The van der Waals surface area contributed by atoms with E-state index in [1.54, 1.807) is 29.9 Å². The van der Waals surface area contributed by atoms with Crippen LogP contribution in [-0.2, 0) is 36.5 Å². The average Bonchev–Trinajstić information content (AvgIpc) is 3.63. The van der Waals surface area contributed by atoms with E-state index < -0.39 is 35.2 Å². The zero-order chi connectivity index (χ0) is 33.8. The summed E-state index contributed by atoms with van der Waals surface area (Å²) in [5, 5.41) is 17.7. The third-order valence-electron chi connectivity index (χ3n) is 9.19. The molecular formula is C33H30ClF4N5O4. The van der Waals surface area contributed by atoms with Gasteiger partial charge in [0, 0.05) is 50.3 Å². The van der Waals surface area contributed by atoms with Crippen LogP contribution in [0.5, 0.6) is 0 Å². The summed E-state index contributed by atoms with van der Waals surface area (Å²) in [4.78, 5) is 40.9. The van der Waals surface area contributed by atoms with Gasteiger partial charge in [-0.2, -0.15) is 28.1 Å². The summed E-state index contributed by atoms with van der Waals surface area (Å²) >= 11 is 6.43.